The lowest BCUT2D eigenvalue weighted by molar-refractivity contribution is -0.146. The Kier molecular flexibility index (Phi) is 3.87. The van der Waals surface area contributed by atoms with Crippen LogP contribution >= 0.6 is 11.8 Å². The number of hydrogen-bond acceptors (Lipinski definition) is 5. The first kappa shape index (κ1) is 15.6. The number of urea groups is 1. The number of carboxylic acid groups (broad SMARTS) is 1. The van der Waals surface area contributed by atoms with Crippen molar-refractivity contribution in [3.63, 3.8) is 0 Å². The SMILES string of the molecule is CC1(C)NC(=O)N(CC(=O)NC2(C(=O)O)CCSC2)C1=O. The van der Waals surface area contributed by atoms with Crippen molar-refractivity contribution >= 4 is 35.6 Å². The average Bonchev–Trinajstić information content (AvgIpc) is 2.90. The van der Waals surface area contributed by atoms with Gasteiger partial charge in [-0.15, -0.1) is 0 Å². The van der Waals surface area contributed by atoms with Crippen molar-refractivity contribution in [2.75, 3.05) is 18.1 Å². The zero-order valence-corrected chi connectivity index (χ0v) is 12.6. The third-order valence-electron chi connectivity index (χ3n) is 3.56. The number of amides is 4. The van der Waals surface area contributed by atoms with Gasteiger partial charge in [0.05, 0.1) is 0 Å². The van der Waals surface area contributed by atoms with Crippen molar-refractivity contribution in [2.45, 2.75) is 31.3 Å². The minimum Gasteiger partial charge on any atom is -0.479 e. The van der Waals surface area contributed by atoms with E-state index in [1.807, 2.05) is 0 Å². The summed E-state index contributed by atoms with van der Waals surface area (Å²) < 4.78 is 0. The topological polar surface area (TPSA) is 116 Å². The molecule has 0 aromatic heterocycles. The fourth-order valence-electron chi connectivity index (χ4n) is 2.30. The van der Waals surface area contributed by atoms with Crippen LogP contribution in [0.1, 0.15) is 20.3 Å². The number of aliphatic carboxylic acids is 1. The molecule has 0 radical (unpaired) electrons. The van der Waals surface area contributed by atoms with Crippen LogP contribution in [0.3, 0.4) is 0 Å². The summed E-state index contributed by atoms with van der Waals surface area (Å²) in [6.07, 6.45) is 0.324. The van der Waals surface area contributed by atoms with Crippen LogP contribution in [0.4, 0.5) is 4.79 Å². The van der Waals surface area contributed by atoms with E-state index < -0.39 is 41.4 Å². The smallest absolute Gasteiger partial charge is 0.330 e. The fraction of sp³-hybridized carbons (Fsp3) is 0.667. The van der Waals surface area contributed by atoms with Gasteiger partial charge >= 0.3 is 12.0 Å². The summed E-state index contributed by atoms with van der Waals surface area (Å²) in [7, 11) is 0. The maximum Gasteiger partial charge on any atom is 0.330 e. The van der Waals surface area contributed by atoms with Gasteiger partial charge in [-0.1, -0.05) is 0 Å². The summed E-state index contributed by atoms with van der Waals surface area (Å²) in [6.45, 7) is 2.60. The second-order valence-corrected chi connectivity index (χ2v) is 6.79. The van der Waals surface area contributed by atoms with Crippen LogP contribution in [-0.2, 0) is 14.4 Å². The van der Waals surface area contributed by atoms with E-state index in [2.05, 4.69) is 10.6 Å². The van der Waals surface area contributed by atoms with Gasteiger partial charge in [0.15, 0.2) is 0 Å². The molecular formula is C12H17N3O5S. The summed E-state index contributed by atoms with van der Waals surface area (Å²) in [5, 5.41) is 14.2. The Morgan fingerprint density at radius 3 is 2.52 bits per heavy atom. The van der Waals surface area contributed by atoms with E-state index in [-0.39, 0.29) is 5.75 Å². The minimum atomic E-state index is -1.31. The normalized spacial score (nSPS) is 27.6. The number of nitrogens with zero attached hydrogens (tertiary/aromatic N) is 1. The Balaban J connectivity index is 2.04. The highest BCUT2D eigenvalue weighted by Crippen LogP contribution is 2.28. The van der Waals surface area contributed by atoms with Crippen molar-refractivity contribution in [2.24, 2.45) is 0 Å². The Bertz CT molecular complexity index is 513. The van der Waals surface area contributed by atoms with E-state index in [1.54, 1.807) is 0 Å². The van der Waals surface area contributed by atoms with Crippen molar-refractivity contribution in [1.82, 2.24) is 15.5 Å². The van der Waals surface area contributed by atoms with E-state index in [9.17, 15) is 24.3 Å². The highest BCUT2D eigenvalue weighted by molar-refractivity contribution is 7.99. The van der Waals surface area contributed by atoms with E-state index in [4.69, 9.17) is 0 Å². The fourth-order valence-corrected chi connectivity index (χ4v) is 3.62. The summed E-state index contributed by atoms with van der Waals surface area (Å²) in [5.41, 5.74) is -2.36. The lowest BCUT2D eigenvalue weighted by Crippen LogP contribution is -2.57. The Morgan fingerprint density at radius 2 is 2.10 bits per heavy atom. The number of carboxylic acids is 1. The Hall–Kier alpha value is -1.77. The van der Waals surface area contributed by atoms with Gasteiger partial charge in [0.2, 0.25) is 5.91 Å². The van der Waals surface area contributed by atoms with Crippen molar-refractivity contribution < 1.29 is 24.3 Å². The molecule has 4 amide bonds. The average molecular weight is 315 g/mol. The van der Waals surface area contributed by atoms with Crippen molar-refractivity contribution in [1.29, 1.82) is 0 Å². The molecule has 0 aliphatic carbocycles. The first-order valence-corrected chi connectivity index (χ1v) is 7.60. The van der Waals surface area contributed by atoms with Gasteiger partial charge < -0.3 is 15.7 Å². The number of nitrogens with one attached hydrogen (secondary N) is 2. The van der Waals surface area contributed by atoms with Gasteiger partial charge in [-0.2, -0.15) is 11.8 Å². The van der Waals surface area contributed by atoms with E-state index >= 15 is 0 Å². The summed E-state index contributed by atoms with van der Waals surface area (Å²) in [4.78, 5) is 47.8. The second kappa shape index (κ2) is 5.21. The lowest BCUT2D eigenvalue weighted by atomic mass is 9.99. The number of carbonyl (C=O) groups excluding carboxylic acids is 3. The molecule has 0 spiro atoms. The van der Waals surface area contributed by atoms with Crippen LogP contribution in [0.25, 0.3) is 0 Å². The Labute approximate surface area is 125 Å². The molecule has 8 nitrogen and oxygen atoms in total. The molecule has 2 heterocycles. The van der Waals surface area contributed by atoms with Gasteiger partial charge in [-0.25, -0.2) is 9.59 Å². The van der Waals surface area contributed by atoms with Crippen LogP contribution in [0.15, 0.2) is 0 Å². The van der Waals surface area contributed by atoms with Gasteiger partial charge in [0.1, 0.15) is 17.6 Å². The molecule has 0 saturated carbocycles. The molecule has 2 aliphatic rings. The quantitative estimate of drug-likeness (QED) is 0.596. The molecule has 2 rings (SSSR count). The predicted octanol–water partition coefficient (Wildman–Crippen LogP) is -0.607. The molecule has 0 aromatic carbocycles. The molecule has 1 atom stereocenters. The number of imide groups is 1. The zero-order valence-electron chi connectivity index (χ0n) is 11.8. The Morgan fingerprint density at radius 1 is 1.43 bits per heavy atom. The van der Waals surface area contributed by atoms with E-state index in [0.717, 1.165) is 4.90 Å². The van der Waals surface area contributed by atoms with Gasteiger partial charge in [-0.05, 0) is 26.0 Å². The summed E-state index contributed by atoms with van der Waals surface area (Å²) >= 11 is 1.44. The van der Waals surface area contributed by atoms with Gasteiger partial charge in [0, 0.05) is 5.75 Å². The van der Waals surface area contributed by atoms with Crippen LogP contribution in [0.5, 0.6) is 0 Å². The molecule has 2 saturated heterocycles. The van der Waals surface area contributed by atoms with Crippen LogP contribution in [0.2, 0.25) is 0 Å². The first-order chi connectivity index (χ1) is 9.68. The lowest BCUT2D eigenvalue weighted by Gasteiger charge is -2.25. The molecule has 2 fully saturated rings. The molecule has 0 bridgehead atoms. The number of rotatable bonds is 4. The monoisotopic (exact) mass is 315 g/mol. The largest absolute Gasteiger partial charge is 0.479 e. The second-order valence-electron chi connectivity index (χ2n) is 5.68. The van der Waals surface area contributed by atoms with E-state index in [1.165, 1.54) is 25.6 Å². The molecular weight excluding hydrogens is 298 g/mol. The number of carbonyl (C=O) groups is 4. The third kappa shape index (κ3) is 2.82. The molecule has 21 heavy (non-hydrogen) atoms. The van der Waals surface area contributed by atoms with E-state index in [0.29, 0.717) is 12.2 Å². The molecule has 9 heteroatoms. The highest BCUT2D eigenvalue weighted by atomic mass is 32.2. The number of thioether (sulfide) groups is 1. The van der Waals surface area contributed by atoms with Crippen LogP contribution in [0, 0.1) is 0 Å². The molecule has 1 unspecified atom stereocenters. The van der Waals surface area contributed by atoms with Crippen LogP contribution in [-0.4, -0.2) is 62.9 Å². The maximum absolute atomic E-state index is 12.0. The van der Waals surface area contributed by atoms with Crippen molar-refractivity contribution in [3.8, 4) is 0 Å². The first-order valence-electron chi connectivity index (χ1n) is 6.44. The standard InChI is InChI=1S/C12H17N3O5S/c1-11(2)8(17)15(10(20)14-11)5-7(16)13-12(9(18)19)3-4-21-6-12/h3-6H2,1-2H3,(H,13,16)(H,14,20)(H,18,19). The van der Waals surface area contributed by atoms with Gasteiger partial charge in [0.25, 0.3) is 5.91 Å². The highest BCUT2D eigenvalue weighted by Gasteiger charge is 2.47. The van der Waals surface area contributed by atoms with Crippen LogP contribution < -0.4 is 10.6 Å². The minimum absolute atomic E-state index is 0.277. The third-order valence-corrected chi connectivity index (χ3v) is 4.75. The van der Waals surface area contributed by atoms with Crippen molar-refractivity contribution in [3.05, 3.63) is 0 Å². The summed E-state index contributed by atoms with van der Waals surface area (Å²) in [5.74, 6) is -1.34. The summed E-state index contributed by atoms with van der Waals surface area (Å²) in [6, 6.07) is -0.648. The maximum atomic E-state index is 12.0. The van der Waals surface area contributed by atoms with Gasteiger partial charge in [-0.3, -0.25) is 14.5 Å². The molecule has 116 valence electrons. The molecule has 2 aliphatic heterocycles. The zero-order chi connectivity index (χ0) is 15.8. The molecule has 0 aromatic rings. The molecule has 3 N–H and O–H groups in total. The predicted molar refractivity (Wildman–Crippen MR) is 74.8 cm³/mol. The number of hydrogen-bond donors (Lipinski definition) is 3.